The molecule has 0 radical (unpaired) electrons. The van der Waals surface area contributed by atoms with E-state index in [1.54, 1.807) is 0 Å². The summed E-state index contributed by atoms with van der Waals surface area (Å²) in [7, 11) is -3.00. The Bertz CT molecular complexity index is 336. The lowest BCUT2D eigenvalue weighted by atomic mass is 9.90. The van der Waals surface area contributed by atoms with Gasteiger partial charge in [-0.1, -0.05) is 38.2 Å². The normalized spacial score (nSPS) is 28.3. The molecule has 1 rings (SSSR count). The van der Waals surface area contributed by atoms with E-state index < -0.39 is 12.9 Å². The second kappa shape index (κ2) is 5.31. The zero-order valence-corrected chi connectivity index (χ0v) is 11.0. The van der Waals surface area contributed by atoms with Gasteiger partial charge in [-0.15, -0.1) is 0 Å². The molecule has 2 atom stereocenters. The van der Waals surface area contributed by atoms with Crippen LogP contribution in [0, 0.1) is 5.92 Å². The van der Waals surface area contributed by atoms with E-state index in [1.165, 1.54) is 0 Å². The fraction of sp³-hybridized carbons (Fsp3) is 0.667. The zero-order valence-electron chi connectivity index (χ0n) is 10.1. The van der Waals surface area contributed by atoms with Crippen LogP contribution in [0.2, 0.25) is 0 Å². The number of allylic oxidation sites excluding steroid dienone is 2. The summed E-state index contributed by atoms with van der Waals surface area (Å²) in [5.41, 5.74) is 5.70. The van der Waals surface area contributed by atoms with Crippen LogP contribution in [0.3, 0.4) is 0 Å². The standard InChI is InChI=1S/C12H22NO2P/c1-11(2)10-16(14,15)9-8-12(13)6-4-3-5-7-12/h3-6,11H,7-10,13H2,1-2H3,(H,14,15). The van der Waals surface area contributed by atoms with Crippen LogP contribution in [0.1, 0.15) is 26.7 Å². The van der Waals surface area contributed by atoms with E-state index in [4.69, 9.17) is 5.73 Å². The van der Waals surface area contributed by atoms with E-state index in [2.05, 4.69) is 0 Å². The molecule has 2 unspecified atom stereocenters. The highest BCUT2D eigenvalue weighted by molar-refractivity contribution is 7.57. The molecule has 16 heavy (non-hydrogen) atoms. The summed E-state index contributed by atoms with van der Waals surface area (Å²) in [4.78, 5) is 9.79. The molecule has 0 saturated carbocycles. The lowest BCUT2D eigenvalue weighted by molar-refractivity contribution is 0.449. The third-order valence-electron chi connectivity index (χ3n) is 2.75. The predicted molar refractivity (Wildman–Crippen MR) is 68.8 cm³/mol. The topological polar surface area (TPSA) is 63.3 Å². The van der Waals surface area contributed by atoms with Crippen molar-refractivity contribution in [3.05, 3.63) is 24.3 Å². The van der Waals surface area contributed by atoms with Crippen molar-refractivity contribution in [3.63, 3.8) is 0 Å². The number of rotatable bonds is 5. The summed E-state index contributed by atoms with van der Waals surface area (Å²) in [6.07, 6.45) is 9.85. The number of nitrogens with two attached hydrogens (primary N) is 1. The Labute approximate surface area is 97.9 Å². The van der Waals surface area contributed by atoms with Crippen LogP contribution in [-0.2, 0) is 4.57 Å². The summed E-state index contributed by atoms with van der Waals surface area (Å²) in [6.45, 7) is 3.93. The molecule has 0 aromatic carbocycles. The lowest BCUT2D eigenvalue weighted by Crippen LogP contribution is -2.38. The van der Waals surface area contributed by atoms with Crippen LogP contribution in [0.25, 0.3) is 0 Å². The quantitative estimate of drug-likeness (QED) is 0.729. The molecule has 0 aromatic rings. The van der Waals surface area contributed by atoms with Gasteiger partial charge in [0.05, 0.1) is 0 Å². The van der Waals surface area contributed by atoms with E-state index in [-0.39, 0.29) is 5.92 Å². The molecule has 4 heteroatoms. The lowest BCUT2D eigenvalue weighted by Gasteiger charge is -2.27. The van der Waals surface area contributed by atoms with Crippen LogP contribution >= 0.6 is 7.37 Å². The van der Waals surface area contributed by atoms with Crippen molar-refractivity contribution in [2.75, 3.05) is 12.3 Å². The fourth-order valence-corrected chi connectivity index (χ4v) is 4.00. The van der Waals surface area contributed by atoms with E-state index in [0.29, 0.717) is 18.7 Å². The van der Waals surface area contributed by atoms with Crippen molar-refractivity contribution in [1.82, 2.24) is 0 Å². The molecule has 0 aliphatic heterocycles. The SMILES string of the molecule is CC(C)CP(=O)(O)CCC1(N)C=CC=CC1. The molecule has 0 aromatic heterocycles. The third kappa shape index (κ3) is 4.65. The van der Waals surface area contributed by atoms with Crippen LogP contribution in [0.4, 0.5) is 0 Å². The predicted octanol–water partition coefficient (Wildman–Crippen LogP) is 2.52. The van der Waals surface area contributed by atoms with Crippen LogP contribution in [-0.4, -0.2) is 22.8 Å². The van der Waals surface area contributed by atoms with Crippen molar-refractivity contribution < 1.29 is 9.46 Å². The van der Waals surface area contributed by atoms with Gasteiger partial charge in [0.25, 0.3) is 0 Å². The van der Waals surface area contributed by atoms with Gasteiger partial charge in [0, 0.05) is 17.9 Å². The molecule has 0 spiro atoms. The highest BCUT2D eigenvalue weighted by Gasteiger charge is 2.27. The monoisotopic (exact) mass is 243 g/mol. The average molecular weight is 243 g/mol. The van der Waals surface area contributed by atoms with Gasteiger partial charge in [-0.25, -0.2) is 0 Å². The van der Waals surface area contributed by atoms with Gasteiger partial charge in [-0.2, -0.15) is 0 Å². The highest BCUT2D eigenvalue weighted by atomic mass is 31.2. The molecule has 1 aliphatic rings. The summed E-state index contributed by atoms with van der Waals surface area (Å²) >= 11 is 0. The second-order valence-corrected chi connectivity index (χ2v) is 7.63. The van der Waals surface area contributed by atoms with Crippen molar-refractivity contribution >= 4 is 7.37 Å². The van der Waals surface area contributed by atoms with Gasteiger partial charge in [0.15, 0.2) is 0 Å². The molecule has 3 N–H and O–H groups in total. The highest BCUT2D eigenvalue weighted by Crippen LogP contribution is 2.44. The molecule has 0 saturated heterocycles. The first kappa shape index (κ1) is 13.7. The smallest absolute Gasteiger partial charge is 0.200 e. The molecule has 0 fully saturated rings. The molecule has 3 nitrogen and oxygen atoms in total. The Kier molecular flexibility index (Phi) is 4.54. The van der Waals surface area contributed by atoms with E-state index in [9.17, 15) is 9.46 Å². The summed E-state index contributed by atoms with van der Waals surface area (Å²) in [6, 6.07) is 0. The van der Waals surface area contributed by atoms with Gasteiger partial charge in [0.1, 0.15) is 0 Å². The summed E-state index contributed by atoms with van der Waals surface area (Å²) in [5, 5.41) is 0. The minimum atomic E-state index is -3.00. The van der Waals surface area contributed by atoms with Gasteiger partial charge >= 0.3 is 0 Å². The van der Waals surface area contributed by atoms with E-state index in [0.717, 1.165) is 6.42 Å². The molecule has 0 heterocycles. The van der Waals surface area contributed by atoms with Crippen LogP contribution in [0.15, 0.2) is 24.3 Å². The third-order valence-corrected chi connectivity index (χ3v) is 4.97. The van der Waals surface area contributed by atoms with Crippen molar-refractivity contribution in [1.29, 1.82) is 0 Å². The minimum Gasteiger partial charge on any atom is -0.344 e. The zero-order chi connectivity index (χ0) is 12.2. The van der Waals surface area contributed by atoms with E-state index in [1.807, 2.05) is 38.2 Å². The van der Waals surface area contributed by atoms with Gasteiger partial charge < -0.3 is 10.6 Å². The molecular formula is C12H22NO2P. The maximum absolute atomic E-state index is 11.9. The number of hydrogen-bond acceptors (Lipinski definition) is 2. The first-order valence-electron chi connectivity index (χ1n) is 5.77. The molecule has 1 aliphatic carbocycles. The van der Waals surface area contributed by atoms with Crippen molar-refractivity contribution in [2.24, 2.45) is 11.7 Å². The largest absolute Gasteiger partial charge is 0.344 e. The Morgan fingerprint density at radius 1 is 1.50 bits per heavy atom. The first-order chi connectivity index (χ1) is 7.33. The molecular weight excluding hydrogens is 221 g/mol. The summed E-state index contributed by atoms with van der Waals surface area (Å²) < 4.78 is 11.9. The number of hydrogen-bond donors (Lipinski definition) is 2. The Morgan fingerprint density at radius 2 is 2.19 bits per heavy atom. The van der Waals surface area contributed by atoms with E-state index >= 15 is 0 Å². The van der Waals surface area contributed by atoms with Crippen molar-refractivity contribution in [3.8, 4) is 0 Å². The fourth-order valence-electron chi connectivity index (χ4n) is 1.91. The minimum absolute atomic E-state index is 0.256. The molecule has 0 amide bonds. The van der Waals surface area contributed by atoms with Gasteiger partial charge in [-0.05, 0) is 18.8 Å². The van der Waals surface area contributed by atoms with Crippen molar-refractivity contribution in [2.45, 2.75) is 32.2 Å². The van der Waals surface area contributed by atoms with Crippen LogP contribution in [0.5, 0.6) is 0 Å². The summed E-state index contributed by atoms with van der Waals surface area (Å²) in [5.74, 6) is 0.256. The Balaban J connectivity index is 2.47. The first-order valence-corrected chi connectivity index (χ1v) is 7.80. The maximum Gasteiger partial charge on any atom is 0.200 e. The molecule has 0 bridgehead atoms. The second-order valence-electron chi connectivity index (χ2n) is 5.12. The Hall–Kier alpha value is -0.370. The van der Waals surface area contributed by atoms with Gasteiger partial charge in [0.2, 0.25) is 7.37 Å². The average Bonchev–Trinajstić information content (AvgIpc) is 2.15. The molecule has 92 valence electrons. The maximum atomic E-state index is 11.9. The Morgan fingerprint density at radius 3 is 2.69 bits per heavy atom. The van der Waals surface area contributed by atoms with Crippen LogP contribution < -0.4 is 5.73 Å². The van der Waals surface area contributed by atoms with Gasteiger partial charge in [-0.3, -0.25) is 4.57 Å².